The molecule has 6 nitrogen and oxygen atoms in total. The van der Waals surface area contributed by atoms with Gasteiger partial charge in [-0.25, -0.2) is 0 Å². The minimum Gasteiger partial charge on any atom is -0.463 e. The Morgan fingerprint density at radius 3 is 1.90 bits per heavy atom. The minimum atomic E-state index is -0.998. The van der Waals surface area contributed by atoms with Crippen molar-refractivity contribution in [2.45, 2.75) is 129 Å². The average molecular weight is 575 g/mol. The maximum Gasteiger partial charge on any atom is 0.305 e. The van der Waals surface area contributed by atoms with E-state index in [1.54, 1.807) is 0 Å². The Kier molecular flexibility index (Phi) is 27.3. The van der Waals surface area contributed by atoms with Crippen LogP contribution in [0.1, 0.15) is 117 Å². The number of allylic oxidation sites excluding steroid dienone is 8. The van der Waals surface area contributed by atoms with Crippen molar-refractivity contribution in [3.63, 3.8) is 0 Å². The van der Waals surface area contributed by atoms with Crippen LogP contribution in [-0.2, 0) is 19.1 Å². The number of ether oxygens (including phenoxy) is 2. The highest BCUT2D eigenvalue weighted by Crippen LogP contribution is 2.12. The first-order valence-electron chi connectivity index (χ1n) is 15.8. The van der Waals surface area contributed by atoms with Gasteiger partial charge in [0.1, 0.15) is 19.3 Å². The summed E-state index contributed by atoms with van der Waals surface area (Å²) >= 11 is 0. The van der Waals surface area contributed by atoms with Gasteiger partial charge in [-0.1, -0.05) is 120 Å². The van der Waals surface area contributed by atoms with Crippen LogP contribution in [0.4, 0.5) is 0 Å². The Hall–Kier alpha value is -2.44. The second-order valence-corrected chi connectivity index (χ2v) is 10.9. The van der Waals surface area contributed by atoms with E-state index in [4.69, 9.17) is 9.47 Å². The predicted octanol–water partition coefficient (Wildman–Crippen LogP) is 8.10. The molecule has 0 rings (SSSR count). The summed E-state index contributed by atoms with van der Waals surface area (Å²) < 4.78 is 10.2. The highest BCUT2D eigenvalue weighted by Gasteiger charge is 2.11. The van der Waals surface area contributed by atoms with Crippen LogP contribution in [0.3, 0.4) is 0 Å². The molecule has 0 amide bonds. The highest BCUT2D eigenvalue weighted by atomic mass is 16.6. The lowest BCUT2D eigenvalue weighted by Gasteiger charge is -2.12. The molecular weight excluding hydrogens is 516 g/mol. The number of rotatable bonds is 26. The molecule has 0 fully saturated rings. The number of aliphatic hydroxyl groups is 2. The molecule has 1 unspecified atom stereocenters. The van der Waals surface area contributed by atoms with Crippen molar-refractivity contribution in [2.75, 3.05) is 13.2 Å². The Morgan fingerprint density at radius 2 is 1.24 bits per heavy atom. The molecule has 234 valence electrons. The molecule has 0 saturated carbocycles. The zero-order chi connectivity index (χ0) is 30.4. The largest absolute Gasteiger partial charge is 0.463 e. The van der Waals surface area contributed by atoms with Gasteiger partial charge in [-0.2, -0.15) is 0 Å². The zero-order valence-corrected chi connectivity index (χ0v) is 26.1. The lowest BCUT2D eigenvalue weighted by Crippen LogP contribution is -2.25. The summed E-state index contributed by atoms with van der Waals surface area (Å²) in [5.74, 6) is 0.0994. The van der Waals surface area contributed by atoms with Gasteiger partial charge < -0.3 is 19.7 Å². The summed E-state index contributed by atoms with van der Waals surface area (Å²) in [6.07, 6.45) is 32.0. The van der Waals surface area contributed by atoms with Crippen molar-refractivity contribution in [1.29, 1.82) is 0 Å². The van der Waals surface area contributed by atoms with Gasteiger partial charge in [0.2, 0.25) is 0 Å². The maximum absolute atomic E-state index is 11.9. The van der Waals surface area contributed by atoms with Crippen LogP contribution in [0.5, 0.6) is 0 Å². The summed E-state index contributed by atoms with van der Waals surface area (Å²) in [5, 5.41) is 19.6. The molecule has 0 bridgehead atoms. The molecule has 0 aromatic carbocycles. The fourth-order valence-corrected chi connectivity index (χ4v) is 3.85. The lowest BCUT2D eigenvalue weighted by molar-refractivity contribution is -0.152. The third-order valence-corrected chi connectivity index (χ3v) is 6.27. The first-order chi connectivity index (χ1) is 19.8. The maximum atomic E-state index is 11.9. The van der Waals surface area contributed by atoms with E-state index in [1.807, 2.05) is 37.3 Å². The topological polar surface area (TPSA) is 93.1 Å². The number of hydrogen-bond donors (Lipinski definition) is 2. The van der Waals surface area contributed by atoms with E-state index >= 15 is 0 Å². The third-order valence-electron chi connectivity index (χ3n) is 6.27. The zero-order valence-electron chi connectivity index (χ0n) is 26.1. The van der Waals surface area contributed by atoms with Crippen LogP contribution in [-0.4, -0.2) is 47.6 Å². The fraction of sp³-hybridized carbons (Fsp3) is 0.657. The molecule has 0 aromatic heterocycles. The van der Waals surface area contributed by atoms with Crippen LogP contribution in [0.25, 0.3) is 0 Å². The molecule has 0 aliphatic carbocycles. The molecule has 6 heteroatoms. The van der Waals surface area contributed by atoms with Crippen LogP contribution in [0.2, 0.25) is 0 Å². The number of carbonyl (C=O) groups excluding carboxylic acids is 2. The van der Waals surface area contributed by atoms with Crippen molar-refractivity contribution >= 4 is 11.9 Å². The van der Waals surface area contributed by atoms with Gasteiger partial charge in [-0.15, -0.1) is 0 Å². The molecule has 2 N–H and O–H groups in total. The molecule has 2 atom stereocenters. The first-order valence-corrected chi connectivity index (χ1v) is 15.8. The molecule has 0 spiro atoms. The van der Waals surface area contributed by atoms with Crippen LogP contribution >= 0.6 is 0 Å². The van der Waals surface area contributed by atoms with Gasteiger partial charge in [0.15, 0.2) is 0 Å². The summed E-state index contributed by atoms with van der Waals surface area (Å²) in [6, 6.07) is 0. The van der Waals surface area contributed by atoms with Crippen molar-refractivity contribution < 1.29 is 29.3 Å². The molecule has 0 radical (unpaired) electrons. The molecule has 0 aliphatic rings. The van der Waals surface area contributed by atoms with Crippen LogP contribution < -0.4 is 0 Å². The molecule has 0 aromatic rings. The number of carbonyl (C=O) groups is 2. The Morgan fingerprint density at radius 1 is 0.683 bits per heavy atom. The molecule has 41 heavy (non-hydrogen) atoms. The smallest absolute Gasteiger partial charge is 0.305 e. The van der Waals surface area contributed by atoms with E-state index in [-0.39, 0.29) is 31.6 Å². The van der Waals surface area contributed by atoms with Crippen molar-refractivity contribution in [2.24, 2.45) is 5.92 Å². The Labute approximate surface area is 250 Å². The molecule has 0 aliphatic heterocycles. The first kappa shape index (κ1) is 38.6. The van der Waals surface area contributed by atoms with Crippen LogP contribution in [0, 0.1) is 5.92 Å². The second kappa shape index (κ2) is 29.1. The normalized spacial score (nSPS) is 13.9. The Bertz CT molecular complexity index is 778. The van der Waals surface area contributed by atoms with E-state index in [1.165, 1.54) is 25.7 Å². The van der Waals surface area contributed by atoms with Gasteiger partial charge in [0, 0.05) is 12.8 Å². The second-order valence-electron chi connectivity index (χ2n) is 10.9. The van der Waals surface area contributed by atoms with Crippen molar-refractivity contribution in [3.8, 4) is 0 Å². The SMILES string of the molecule is CC/C=C\C(O)C/C=C/C=C\C/C=C\C/C=C\CCCC(=O)OC[C@@H](O)COC(=O)CCCCCCCCC(C)C. The average Bonchev–Trinajstić information content (AvgIpc) is 2.95. The van der Waals surface area contributed by atoms with Gasteiger partial charge in [-0.05, 0) is 50.9 Å². The molecule has 0 heterocycles. The van der Waals surface area contributed by atoms with Crippen molar-refractivity contribution in [3.05, 3.63) is 60.8 Å². The van der Waals surface area contributed by atoms with E-state index in [2.05, 4.69) is 44.2 Å². The summed E-state index contributed by atoms with van der Waals surface area (Å²) in [5.41, 5.74) is 0. The van der Waals surface area contributed by atoms with E-state index in [0.717, 1.165) is 50.9 Å². The van der Waals surface area contributed by atoms with Crippen LogP contribution in [0.15, 0.2) is 60.8 Å². The highest BCUT2D eigenvalue weighted by molar-refractivity contribution is 5.69. The fourth-order valence-electron chi connectivity index (χ4n) is 3.85. The summed E-state index contributed by atoms with van der Waals surface area (Å²) in [7, 11) is 0. The standard InChI is InChI=1S/C35H58O6/c1-4-5-25-32(36)26-21-17-12-10-8-6-7-9-11-13-18-22-27-34(38)40-29-33(37)30-41-35(39)28-23-19-15-14-16-20-24-31(2)3/h5-7,10-13,17,21,25,31-33,36-37H,4,8-9,14-16,18-20,22-24,26-30H2,1-3H3/b7-6-,12-10-,13-11-,21-17+,25-5-/t32?,33-/m1/s1. The minimum absolute atomic E-state index is 0.148. The third kappa shape index (κ3) is 30.3. The van der Waals surface area contributed by atoms with Gasteiger partial charge in [0.25, 0.3) is 0 Å². The van der Waals surface area contributed by atoms with E-state index < -0.39 is 12.2 Å². The summed E-state index contributed by atoms with van der Waals surface area (Å²) in [4.78, 5) is 23.7. The van der Waals surface area contributed by atoms with Gasteiger partial charge >= 0.3 is 11.9 Å². The molecular formula is C35H58O6. The lowest BCUT2D eigenvalue weighted by atomic mass is 10.0. The number of hydrogen-bond acceptors (Lipinski definition) is 6. The van der Waals surface area contributed by atoms with Gasteiger partial charge in [-0.3, -0.25) is 9.59 Å². The monoisotopic (exact) mass is 574 g/mol. The number of esters is 2. The number of unbranched alkanes of at least 4 members (excludes halogenated alkanes) is 6. The number of aliphatic hydroxyl groups excluding tert-OH is 2. The van der Waals surface area contributed by atoms with Crippen molar-refractivity contribution in [1.82, 2.24) is 0 Å². The van der Waals surface area contributed by atoms with Gasteiger partial charge in [0.05, 0.1) is 6.10 Å². The quantitative estimate of drug-likeness (QED) is 0.0469. The molecule has 0 saturated heterocycles. The van der Waals surface area contributed by atoms with E-state index in [9.17, 15) is 19.8 Å². The van der Waals surface area contributed by atoms with E-state index in [0.29, 0.717) is 19.3 Å². The summed E-state index contributed by atoms with van der Waals surface area (Å²) in [6.45, 7) is 6.23. The predicted molar refractivity (Wildman–Crippen MR) is 169 cm³/mol. The Balaban J connectivity index is 3.67.